The highest BCUT2D eigenvalue weighted by Gasteiger charge is 2.12. The number of para-hydroxylation sites is 1. The van der Waals surface area contributed by atoms with Crippen LogP contribution in [0.4, 0.5) is 0 Å². The number of aromatic nitrogens is 2. The van der Waals surface area contributed by atoms with Gasteiger partial charge in [0.15, 0.2) is 11.6 Å². The number of carbonyl (C=O) groups excluding carboxylic acids is 1. The lowest BCUT2D eigenvalue weighted by Crippen LogP contribution is -2.02. The molecule has 0 spiro atoms. The largest absolute Gasteiger partial charge is 0.494 e. The van der Waals surface area contributed by atoms with Crippen LogP contribution in [0.15, 0.2) is 18.2 Å². The molecule has 5 heteroatoms. The second kappa shape index (κ2) is 4.06. The number of hydrogen-bond donors (Lipinski definition) is 0. The van der Waals surface area contributed by atoms with Gasteiger partial charge in [-0.25, -0.2) is 9.97 Å². The summed E-state index contributed by atoms with van der Waals surface area (Å²) in [5.74, 6) is 0.445. The summed E-state index contributed by atoms with van der Waals surface area (Å²) in [5.41, 5.74) is 0.551. The normalized spacial score (nSPS) is 10.4. The summed E-state index contributed by atoms with van der Waals surface area (Å²) < 4.78 is 5.16. The topological polar surface area (TPSA) is 52.1 Å². The molecular weight excluding hydrogens is 228 g/mol. The number of methoxy groups -OCH3 is 1. The van der Waals surface area contributed by atoms with E-state index in [0.717, 1.165) is 0 Å². The van der Waals surface area contributed by atoms with Crippen LogP contribution in [-0.2, 0) is 0 Å². The minimum atomic E-state index is -0.227. The SMILES string of the molecule is COc1cccc2c(Cl)nc(C(C)=O)nc12. The van der Waals surface area contributed by atoms with Crippen LogP contribution >= 0.6 is 11.6 Å². The van der Waals surface area contributed by atoms with Crippen LogP contribution in [0.3, 0.4) is 0 Å². The van der Waals surface area contributed by atoms with E-state index in [1.54, 1.807) is 18.2 Å². The first-order valence-corrected chi connectivity index (χ1v) is 5.02. The number of benzene rings is 1. The van der Waals surface area contributed by atoms with Gasteiger partial charge in [-0.05, 0) is 12.1 Å². The van der Waals surface area contributed by atoms with Crippen molar-refractivity contribution in [2.45, 2.75) is 6.92 Å². The van der Waals surface area contributed by atoms with Crippen molar-refractivity contribution in [1.29, 1.82) is 0 Å². The minimum Gasteiger partial charge on any atom is -0.494 e. The molecule has 82 valence electrons. The van der Waals surface area contributed by atoms with Crippen molar-refractivity contribution in [2.75, 3.05) is 7.11 Å². The Morgan fingerprint density at radius 3 is 2.75 bits per heavy atom. The van der Waals surface area contributed by atoms with E-state index in [-0.39, 0.29) is 16.8 Å². The second-order valence-corrected chi connectivity index (χ2v) is 3.61. The first-order chi connectivity index (χ1) is 7.63. The molecule has 0 aliphatic heterocycles. The average molecular weight is 237 g/mol. The van der Waals surface area contributed by atoms with E-state index in [2.05, 4.69) is 9.97 Å². The zero-order valence-electron chi connectivity index (χ0n) is 8.82. The summed E-state index contributed by atoms with van der Waals surface area (Å²) in [6, 6.07) is 5.34. The number of halogens is 1. The number of ketones is 1. The van der Waals surface area contributed by atoms with Crippen molar-refractivity contribution < 1.29 is 9.53 Å². The van der Waals surface area contributed by atoms with Gasteiger partial charge in [0.05, 0.1) is 7.11 Å². The van der Waals surface area contributed by atoms with Gasteiger partial charge in [-0.1, -0.05) is 17.7 Å². The Labute approximate surface area is 97.2 Å². The van der Waals surface area contributed by atoms with E-state index in [1.807, 2.05) is 0 Å². The van der Waals surface area contributed by atoms with E-state index >= 15 is 0 Å². The van der Waals surface area contributed by atoms with Gasteiger partial charge in [0.25, 0.3) is 0 Å². The van der Waals surface area contributed by atoms with Gasteiger partial charge in [-0.3, -0.25) is 4.79 Å². The van der Waals surface area contributed by atoms with Crippen molar-refractivity contribution in [3.05, 3.63) is 29.2 Å². The zero-order chi connectivity index (χ0) is 11.7. The number of carbonyl (C=O) groups is 1. The van der Waals surface area contributed by atoms with Crippen LogP contribution in [-0.4, -0.2) is 22.9 Å². The van der Waals surface area contributed by atoms with E-state index in [9.17, 15) is 4.79 Å². The summed E-state index contributed by atoms with van der Waals surface area (Å²) in [6.45, 7) is 1.40. The molecule has 0 bridgehead atoms. The Kier molecular flexibility index (Phi) is 2.75. The van der Waals surface area contributed by atoms with Crippen LogP contribution in [0, 0.1) is 0 Å². The molecule has 0 saturated carbocycles. The van der Waals surface area contributed by atoms with Crippen LogP contribution in [0.5, 0.6) is 5.75 Å². The molecule has 0 aliphatic carbocycles. The third kappa shape index (κ3) is 1.72. The Morgan fingerprint density at radius 1 is 1.38 bits per heavy atom. The van der Waals surface area contributed by atoms with Gasteiger partial charge in [0, 0.05) is 12.3 Å². The predicted molar refractivity (Wildman–Crippen MR) is 61.1 cm³/mol. The quantitative estimate of drug-likeness (QED) is 0.594. The van der Waals surface area contributed by atoms with Crippen LogP contribution in [0.2, 0.25) is 5.15 Å². The molecule has 0 fully saturated rings. The summed E-state index contributed by atoms with van der Waals surface area (Å²) in [4.78, 5) is 19.3. The van der Waals surface area contributed by atoms with E-state index < -0.39 is 0 Å². The summed E-state index contributed by atoms with van der Waals surface area (Å²) in [5, 5.41) is 0.931. The van der Waals surface area contributed by atoms with Crippen LogP contribution in [0.1, 0.15) is 17.5 Å². The second-order valence-electron chi connectivity index (χ2n) is 3.25. The summed E-state index contributed by atoms with van der Waals surface area (Å²) in [7, 11) is 1.54. The molecule has 1 aromatic heterocycles. The molecule has 0 atom stereocenters. The maximum atomic E-state index is 11.2. The molecule has 16 heavy (non-hydrogen) atoms. The van der Waals surface area contributed by atoms with E-state index in [0.29, 0.717) is 16.7 Å². The average Bonchev–Trinajstić information content (AvgIpc) is 2.28. The van der Waals surface area contributed by atoms with Crippen LogP contribution < -0.4 is 4.74 Å². The number of Topliss-reactive ketones (excluding diaryl/α,β-unsaturated/α-hetero) is 1. The molecule has 0 saturated heterocycles. The molecule has 0 N–H and O–H groups in total. The first-order valence-electron chi connectivity index (χ1n) is 4.64. The van der Waals surface area contributed by atoms with E-state index in [4.69, 9.17) is 16.3 Å². The Hall–Kier alpha value is -1.68. The zero-order valence-corrected chi connectivity index (χ0v) is 9.58. The number of fused-ring (bicyclic) bond motifs is 1. The van der Waals surface area contributed by atoms with Crippen molar-refractivity contribution >= 4 is 28.3 Å². The Morgan fingerprint density at radius 2 is 2.12 bits per heavy atom. The van der Waals surface area contributed by atoms with Gasteiger partial charge in [-0.15, -0.1) is 0 Å². The molecule has 2 aromatic rings. The van der Waals surface area contributed by atoms with E-state index in [1.165, 1.54) is 14.0 Å². The Balaban J connectivity index is 2.82. The van der Waals surface area contributed by atoms with Gasteiger partial charge in [0.2, 0.25) is 0 Å². The first kappa shape index (κ1) is 10.8. The highest BCUT2D eigenvalue weighted by molar-refractivity contribution is 6.34. The highest BCUT2D eigenvalue weighted by atomic mass is 35.5. The lowest BCUT2D eigenvalue weighted by Gasteiger charge is -2.06. The lowest BCUT2D eigenvalue weighted by atomic mass is 10.2. The predicted octanol–water partition coefficient (Wildman–Crippen LogP) is 2.49. The third-order valence-electron chi connectivity index (χ3n) is 2.18. The van der Waals surface area contributed by atoms with Crippen molar-refractivity contribution in [2.24, 2.45) is 0 Å². The monoisotopic (exact) mass is 236 g/mol. The fourth-order valence-corrected chi connectivity index (χ4v) is 1.64. The third-order valence-corrected chi connectivity index (χ3v) is 2.47. The highest BCUT2D eigenvalue weighted by Crippen LogP contribution is 2.27. The molecule has 0 amide bonds. The molecule has 1 aromatic carbocycles. The van der Waals surface area contributed by atoms with Gasteiger partial charge in [0.1, 0.15) is 16.4 Å². The smallest absolute Gasteiger partial charge is 0.197 e. The fraction of sp³-hybridized carbons (Fsp3) is 0.182. The maximum Gasteiger partial charge on any atom is 0.197 e. The maximum absolute atomic E-state index is 11.2. The number of nitrogens with zero attached hydrogens (tertiary/aromatic N) is 2. The molecule has 0 aliphatic rings. The molecule has 0 radical (unpaired) electrons. The van der Waals surface area contributed by atoms with Gasteiger partial charge < -0.3 is 4.74 Å². The van der Waals surface area contributed by atoms with Crippen LogP contribution in [0.25, 0.3) is 10.9 Å². The van der Waals surface area contributed by atoms with Crippen molar-refractivity contribution in [1.82, 2.24) is 9.97 Å². The Bertz CT molecular complexity index is 569. The standard InChI is InChI=1S/C11H9ClN2O2/c1-6(15)11-13-9-7(10(12)14-11)4-3-5-8(9)16-2/h3-5H,1-2H3. The molecular formula is C11H9ClN2O2. The van der Waals surface area contributed by atoms with Crippen molar-refractivity contribution in [3.8, 4) is 5.75 Å². The summed E-state index contributed by atoms with van der Waals surface area (Å²) >= 11 is 5.98. The minimum absolute atomic E-state index is 0.0991. The van der Waals surface area contributed by atoms with Gasteiger partial charge in [-0.2, -0.15) is 0 Å². The van der Waals surface area contributed by atoms with Crippen molar-refractivity contribution in [3.63, 3.8) is 0 Å². The molecule has 2 rings (SSSR count). The van der Waals surface area contributed by atoms with Gasteiger partial charge >= 0.3 is 0 Å². The molecule has 0 unspecified atom stereocenters. The summed E-state index contributed by atoms with van der Waals surface area (Å²) in [6.07, 6.45) is 0. The fourth-order valence-electron chi connectivity index (χ4n) is 1.41. The number of rotatable bonds is 2. The number of ether oxygens (including phenoxy) is 1. The lowest BCUT2D eigenvalue weighted by molar-refractivity contribution is 0.100. The molecule has 1 heterocycles. The number of hydrogen-bond acceptors (Lipinski definition) is 4. The molecule has 4 nitrogen and oxygen atoms in total.